The van der Waals surface area contributed by atoms with Crippen molar-refractivity contribution in [2.45, 2.75) is 37.3 Å². The first-order valence-electron chi connectivity index (χ1n) is 9.75. The maximum atomic E-state index is 13.2. The minimum absolute atomic E-state index is 0.0677. The predicted octanol–water partition coefficient (Wildman–Crippen LogP) is 0.645. The zero-order chi connectivity index (χ0) is 18.8. The van der Waals surface area contributed by atoms with Crippen LogP contribution in [-0.4, -0.2) is 44.2 Å². The topological polar surface area (TPSA) is 69.1 Å². The molecule has 1 amide bonds. The molecule has 2 N–H and O–H groups in total. The SMILES string of the molecule is COC(=O)C1=CO[C@H](C)[C@@H]2C[NH+]3CC[C@]4(C(=O)Nc5ccccc54)[C@@H]3C[C@H]12. The van der Waals surface area contributed by atoms with Gasteiger partial charge in [-0.05, 0) is 18.6 Å². The second kappa shape index (κ2) is 5.83. The van der Waals surface area contributed by atoms with Gasteiger partial charge in [-0.15, -0.1) is 0 Å². The lowest BCUT2D eigenvalue weighted by Gasteiger charge is -2.45. The van der Waals surface area contributed by atoms with Gasteiger partial charge in [-0.3, -0.25) is 4.79 Å². The van der Waals surface area contributed by atoms with Crippen LogP contribution in [0.1, 0.15) is 25.3 Å². The van der Waals surface area contributed by atoms with Crippen molar-refractivity contribution in [3.05, 3.63) is 41.7 Å². The van der Waals surface area contributed by atoms with E-state index in [0.717, 1.165) is 37.2 Å². The van der Waals surface area contributed by atoms with Crippen molar-refractivity contribution >= 4 is 17.6 Å². The lowest BCUT2D eigenvalue weighted by Crippen LogP contribution is -3.17. The zero-order valence-corrected chi connectivity index (χ0v) is 15.7. The highest BCUT2D eigenvalue weighted by Crippen LogP contribution is 2.48. The average Bonchev–Trinajstić information content (AvgIpc) is 3.20. The maximum absolute atomic E-state index is 13.2. The Morgan fingerprint density at radius 2 is 2.19 bits per heavy atom. The highest BCUT2D eigenvalue weighted by Gasteiger charge is 2.64. The lowest BCUT2D eigenvalue weighted by molar-refractivity contribution is -0.925. The number of para-hydroxylation sites is 1. The molecule has 2 saturated heterocycles. The number of esters is 1. The van der Waals surface area contributed by atoms with E-state index in [4.69, 9.17) is 9.47 Å². The van der Waals surface area contributed by atoms with Gasteiger partial charge in [0, 0.05) is 24.4 Å². The molecule has 6 heteroatoms. The lowest BCUT2D eigenvalue weighted by atomic mass is 9.66. The number of nitrogens with one attached hydrogen (secondary N) is 2. The Labute approximate surface area is 158 Å². The van der Waals surface area contributed by atoms with Gasteiger partial charge in [0.25, 0.3) is 0 Å². The molecule has 1 spiro atoms. The van der Waals surface area contributed by atoms with Crippen LogP contribution in [0.25, 0.3) is 0 Å². The Morgan fingerprint density at radius 1 is 1.37 bits per heavy atom. The van der Waals surface area contributed by atoms with Crippen molar-refractivity contribution in [2.75, 3.05) is 25.5 Å². The van der Waals surface area contributed by atoms with Crippen molar-refractivity contribution in [3.8, 4) is 0 Å². The summed E-state index contributed by atoms with van der Waals surface area (Å²) in [6.45, 7) is 3.97. The molecule has 6 atom stereocenters. The van der Waals surface area contributed by atoms with Crippen LogP contribution in [-0.2, 0) is 24.5 Å². The van der Waals surface area contributed by atoms with Gasteiger partial charge in [-0.25, -0.2) is 4.79 Å². The van der Waals surface area contributed by atoms with Crippen LogP contribution in [0.3, 0.4) is 0 Å². The third kappa shape index (κ3) is 2.16. The molecule has 27 heavy (non-hydrogen) atoms. The van der Waals surface area contributed by atoms with Gasteiger partial charge in [-0.1, -0.05) is 18.2 Å². The van der Waals surface area contributed by atoms with Crippen LogP contribution in [0.5, 0.6) is 0 Å². The summed E-state index contributed by atoms with van der Waals surface area (Å²) in [4.78, 5) is 27.0. The van der Waals surface area contributed by atoms with E-state index in [0.29, 0.717) is 5.57 Å². The van der Waals surface area contributed by atoms with Crippen molar-refractivity contribution < 1.29 is 24.0 Å². The van der Waals surface area contributed by atoms with Crippen LogP contribution >= 0.6 is 0 Å². The number of quaternary nitrogens is 1. The fourth-order valence-electron chi connectivity index (χ4n) is 6.01. The highest BCUT2D eigenvalue weighted by atomic mass is 16.5. The van der Waals surface area contributed by atoms with E-state index >= 15 is 0 Å². The molecule has 0 saturated carbocycles. The Balaban J connectivity index is 1.55. The molecule has 2 fully saturated rings. The summed E-state index contributed by atoms with van der Waals surface area (Å²) >= 11 is 0. The van der Waals surface area contributed by atoms with Gasteiger partial charge in [-0.2, -0.15) is 0 Å². The number of hydrogen-bond donors (Lipinski definition) is 2. The van der Waals surface area contributed by atoms with Gasteiger partial charge in [0.2, 0.25) is 5.91 Å². The second-order valence-corrected chi connectivity index (χ2v) is 8.30. The van der Waals surface area contributed by atoms with Gasteiger partial charge >= 0.3 is 5.97 Å². The molecule has 1 aromatic rings. The summed E-state index contributed by atoms with van der Waals surface area (Å²) in [6.07, 6.45) is 3.31. The fourth-order valence-corrected chi connectivity index (χ4v) is 6.01. The van der Waals surface area contributed by atoms with Crippen LogP contribution in [0.15, 0.2) is 36.1 Å². The first kappa shape index (κ1) is 16.8. The number of fused-ring (bicyclic) bond motifs is 5. The van der Waals surface area contributed by atoms with Crippen molar-refractivity contribution in [2.24, 2.45) is 11.8 Å². The molecule has 1 unspecified atom stereocenters. The third-order valence-electron chi connectivity index (χ3n) is 7.33. The molecule has 0 aromatic heterocycles. The molecule has 4 aliphatic heterocycles. The summed E-state index contributed by atoms with van der Waals surface area (Å²) in [5.41, 5.74) is 2.19. The normalized spacial score (nSPS) is 39.0. The number of ether oxygens (including phenoxy) is 2. The standard InChI is InChI=1S/C21H24N2O4/c1-12-14-10-23-8-7-21(16-5-3-4-6-17(16)22-20(21)25)18(23)9-13(14)15(11-27-12)19(24)26-2/h3-6,11-14,18H,7-10H2,1-2H3,(H,22,25)/p+1/t12-,13+,14+,18+,21-/m1/s1. The third-order valence-corrected chi connectivity index (χ3v) is 7.33. The monoisotopic (exact) mass is 369 g/mol. The number of anilines is 1. The van der Waals surface area contributed by atoms with E-state index in [2.05, 4.69) is 18.3 Å². The number of carbonyl (C=O) groups is 2. The van der Waals surface area contributed by atoms with Gasteiger partial charge in [0.05, 0.1) is 38.0 Å². The Kier molecular flexibility index (Phi) is 3.63. The zero-order valence-electron chi connectivity index (χ0n) is 15.7. The molecular weight excluding hydrogens is 344 g/mol. The summed E-state index contributed by atoms with van der Waals surface area (Å²) < 4.78 is 10.8. The molecule has 6 nitrogen and oxygen atoms in total. The summed E-state index contributed by atoms with van der Waals surface area (Å²) in [7, 11) is 1.41. The van der Waals surface area contributed by atoms with Crippen molar-refractivity contribution in [1.29, 1.82) is 0 Å². The van der Waals surface area contributed by atoms with E-state index in [9.17, 15) is 9.59 Å². The van der Waals surface area contributed by atoms with Crippen molar-refractivity contribution in [1.82, 2.24) is 0 Å². The predicted molar refractivity (Wildman–Crippen MR) is 98.1 cm³/mol. The molecule has 0 radical (unpaired) electrons. The molecule has 0 aliphatic carbocycles. The van der Waals surface area contributed by atoms with E-state index < -0.39 is 5.41 Å². The Bertz CT molecular complexity index is 850. The van der Waals surface area contributed by atoms with Crippen LogP contribution in [0.2, 0.25) is 0 Å². The molecule has 1 aromatic carbocycles. The summed E-state index contributed by atoms with van der Waals surface area (Å²) in [5.74, 6) is 0.144. The largest absolute Gasteiger partial charge is 0.497 e. The Hall–Kier alpha value is -2.34. The molecule has 0 bridgehead atoms. The van der Waals surface area contributed by atoms with E-state index in [-0.39, 0.29) is 35.9 Å². The average molecular weight is 369 g/mol. The first-order valence-corrected chi connectivity index (χ1v) is 9.75. The summed E-state index contributed by atoms with van der Waals surface area (Å²) in [6, 6.07) is 8.22. The second-order valence-electron chi connectivity index (χ2n) is 8.30. The van der Waals surface area contributed by atoms with Gasteiger partial charge < -0.3 is 19.7 Å². The molecule has 142 valence electrons. The van der Waals surface area contributed by atoms with E-state index in [1.54, 1.807) is 6.26 Å². The van der Waals surface area contributed by atoms with Crippen LogP contribution in [0.4, 0.5) is 5.69 Å². The quantitative estimate of drug-likeness (QED) is 0.713. The number of hydrogen-bond acceptors (Lipinski definition) is 4. The smallest absolute Gasteiger partial charge is 0.337 e. The molecule has 5 rings (SSSR count). The number of benzene rings is 1. The maximum Gasteiger partial charge on any atom is 0.337 e. The fraction of sp³-hybridized carbons (Fsp3) is 0.524. The van der Waals surface area contributed by atoms with Gasteiger partial charge in [0.1, 0.15) is 17.6 Å². The number of rotatable bonds is 1. The number of piperidine rings is 1. The van der Waals surface area contributed by atoms with Gasteiger partial charge in [0.15, 0.2) is 0 Å². The Morgan fingerprint density at radius 3 is 3.00 bits per heavy atom. The highest BCUT2D eigenvalue weighted by molar-refractivity contribution is 6.07. The number of amides is 1. The number of carbonyl (C=O) groups excluding carboxylic acids is 2. The van der Waals surface area contributed by atoms with E-state index in [1.165, 1.54) is 12.0 Å². The first-order chi connectivity index (χ1) is 13.1. The minimum Gasteiger partial charge on any atom is -0.497 e. The van der Waals surface area contributed by atoms with E-state index in [1.807, 2.05) is 18.2 Å². The molecular formula is C21H25N2O4+. The molecule has 4 heterocycles. The number of methoxy groups -OCH3 is 1. The van der Waals surface area contributed by atoms with Crippen LogP contribution < -0.4 is 10.2 Å². The van der Waals surface area contributed by atoms with Crippen molar-refractivity contribution in [3.63, 3.8) is 0 Å². The van der Waals surface area contributed by atoms with Crippen LogP contribution in [0, 0.1) is 11.8 Å². The molecule has 4 aliphatic rings. The summed E-state index contributed by atoms with van der Waals surface area (Å²) in [5, 5.41) is 3.11. The minimum atomic E-state index is -0.486.